The van der Waals surface area contributed by atoms with Gasteiger partial charge in [0, 0.05) is 25.7 Å². The summed E-state index contributed by atoms with van der Waals surface area (Å²) < 4.78 is 11.6. The van der Waals surface area contributed by atoms with Crippen molar-refractivity contribution in [1.82, 2.24) is 5.32 Å². The maximum Gasteiger partial charge on any atom is 0.0976 e. The fourth-order valence-electron chi connectivity index (χ4n) is 2.73. The lowest BCUT2D eigenvalue weighted by Crippen LogP contribution is -2.50. The molecule has 0 radical (unpaired) electrons. The highest BCUT2D eigenvalue weighted by Gasteiger charge is 2.46. The molecule has 1 spiro atoms. The molecule has 2 fully saturated rings. The lowest BCUT2D eigenvalue weighted by atomic mass is 9.85. The minimum atomic E-state index is 0.0175. The third-order valence-corrected chi connectivity index (χ3v) is 3.76. The van der Waals surface area contributed by atoms with Gasteiger partial charge < -0.3 is 14.8 Å². The Morgan fingerprint density at radius 1 is 1.40 bits per heavy atom. The molecule has 2 aliphatic rings. The highest BCUT2D eigenvalue weighted by Crippen LogP contribution is 2.37. The zero-order valence-electron chi connectivity index (χ0n) is 9.92. The van der Waals surface area contributed by atoms with Crippen molar-refractivity contribution in [2.24, 2.45) is 0 Å². The summed E-state index contributed by atoms with van der Waals surface area (Å²) in [6.45, 7) is 7.23. The number of hydrogen-bond acceptors (Lipinski definition) is 3. The van der Waals surface area contributed by atoms with Crippen molar-refractivity contribution in [2.75, 3.05) is 19.8 Å². The molecule has 0 bridgehead atoms. The summed E-state index contributed by atoms with van der Waals surface area (Å²) in [6, 6.07) is 0.628. The van der Waals surface area contributed by atoms with Crippen LogP contribution < -0.4 is 5.32 Å². The van der Waals surface area contributed by atoms with Crippen molar-refractivity contribution in [1.29, 1.82) is 0 Å². The quantitative estimate of drug-likeness (QED) is 0.774. The zero-order chi connectivity index (χ0) is 10.7. The van der Waals surface area contributed by atoms with E-state index in [2.05, 4.69) is 19.2 Å². The van der Waals surface area contributed by atoms with Gasteiger partial charge in [-0.25, -0.2) is 0 Å². The standard InChI is InChI=1S/C12H23NO2/c1-3-6-13-11-4-7-15-12(9-11)5-8-14-10(12)2/h10-11,13H,3-9H2,1-2H3. The molecule has 0 saturated carbocycles. The molecule has 1 N–H and O–H groups in total. The minimum absolute atomic E-state index is 0.0175. The van der Waals surface area contributed by atoms with Crippen LogP contribution in [0, 0.1) is 0 Å². The fraction of sp³-hybridized carbons (Fsp3) is 1.00. The van der Waals surface area contributed by atoms with E-state index in [1.54, 1.807) is 0 Å². The molecular formula is C12H23NO2. The second-order valence-corrected chi connectivity index (χ2v) is 4.82. The van der Waals surface area contributed by atoms with Gasteiger partial charge in [0.15, 0.2) is 0 Å². The predicted octanol–water partition coefficient (Wildman–Crippen LogP) is 1.71. The van der Waals surface area contributed by atoms with E-state index < -0.39 is 0 Å². The predicted molar refractivity (Wildman–Crippen MR) is 60.0 cm³/mol. The molecule has 2 aliphatic heterocycles. The van der Waals surface area contributed by atoms with E-state index >= 15 is 0 Å². The number of ether oxygens (including phenoxy) is 2. The summed E-state index contributed by atoms with van der Waals surface area (Å²) in [7, 11) is 0. The van der Waals surface area contributed by atoms with Crippen LogP contribution in [-0.4, -0.2) is 37.5 Å². The van der Waals surface area contributed by atoms with E-state index in [1.165, 1.54) is 6.42 Å². The van der Waals surface area contributed by atoms with Gasteiger partial charge in [0.05, 0.1) is 11.7 Å². The van der Waals surface area contributed by atoms with Crippen LogP contribution in [0.25, 0.3) is 0 Å². The van der Waals surface area contributed by atoms with E-state index in [0.717, 1.165) is 39.0 Å². The van der Waals surface area contributed by atoms with Crippen LogP contribution in [0.2, 0.25) is 0 Å². The molecule has 88 valence electrons. The van der Waals surface area contributed by atoms with Gasteiger partial charge in [-0.05, 0) is 32.7 Å². The van der Waals surface area contributed by atoms with Gasteiger partial charge in [-0.1, -0.05) is 6.92 Å². The first-order chi connectivity index (χ1) is 7.27. The van der Waals surface area contributed by atoms with Crippen molar-refractivity contribution in [3.05, 3.63) is 0 Å². The Bertz CT molecular complexity index is 210. The Morgan fingerprint density at radius 3 is 2.93 bits per heavy atom. The summed E-state index contributed by atoms with van der Waals surface area (Å²) in [5.41, 5.74) is 0.0175. The van der Waals surface area contributed by atoms with Gasteiger partial charge in [0.2, 0.25) is 0 Å². The second-order valence-electron chi connectivity index (χ2n) is 4.82. The molecule has 2 rings (SSSR count). The molecule has 3 unspecified atom stereocenters. The maximum absolute atomic E-state index is 5.98. The first-order valence-corrected chi connectivity index (χ1v) is 6.26. The summed E-state index contributed by atoms with van der Waals surface area (Å²) >= 11 is 0. The molecule has 0 aliphatic carbocycles. The van der Waals surface area contributed by atoms with E-state index in [9.17, 15) is 0 Å². The Kier molecular flexibility index (Phi) is 3.65. The van der Waals surface area contributed by atoms with E-state index in [0.29, 0.717) is 6.04 Å². The number of nitrogens with one attached hydrogen (secondary N) is 1. The Balaban J connectivity index is 1.91. The maximum atomic E-state index is 5.98. The molecule has 0 aromatic carbocycles. The topological polar surface area (TPSA) is 30.5 Å². The molecule has 3 nitrogen and oxygen atoms in total. The molecule has 0 aromatic heterocycles. The van der Waals surface area contributed by atoms with Crippen molar-refractivity contribution in [3.8, 4) is 0 Å². The molecule has 3 heteroatoms. The Morgan fingerprint density at radius 2 is 2.27 bits per heavy atom. The first kappa shape index (κ1) is 11.4. The van der Waals surface area contributed by atoms with Gasteiger partial charge in [0.1, 0.15) is 0 Å². The minimum Gasteiger partial charge on any atom is -0.375 e. The van der Waals surface area contributed by atoms with Crippen molar-refractivity contribution >= 4 is 0 Å². The third-order valence-electron chi connectivity index (χ3n) is 3.76. The van der Waals surface area contributed by atoms with Crippen LogP contribution in [0.1, 0.15) is 39.5 Å². The molecule has 2 saturated heterocycles. The average molecular weight is 213 g/mol. The monoisotopic (exact) mass is 213 g/mol. The molecule has 15 heavy (non-hydrogen) atoms. The highest BCUT2D eigenvalue weighted by molar-refractivity contribution is 4.97. The van der Waals surface area contributed by atoms with E-state index in [1.807, 2.05) is 0 Å². The van der Waals surface area contributed by atoms with Crippen molar-refractivity contribution < 1.29 is 9.47 Å². The van der Waals surface area contributed by atoms with E-state index in [4.69, 9.17) is 9.47 Å². The van der Waals surface area contributed by atoms with Crippen LogP contribution in [0.3, 0.4) is 0 Å². The summed E-state index contributed by atoms with van der Waals surface area (Å²) in [4.78, 5) is 0. The van der Waals surface area contributed by atoms with Crippen LogP contribution in [-0.2, 0) is 9.47 Å². The highest BCUT2D eigenvalue weighted by atomic mass is 16.6. The second kappa shape index (κ2) is 4.81. The number of hydrogen-bond donors (Lipinski definition) is 1. The fourth-order valence-corrected chi connectivity index (χ4v) is 2.73. The van der Waals surface area contributed by atoms with Gasteiger partial charge in [-0.2, -0.15) is 0 Å². The van der Waals surface area contributed by atoms with Crippen LogP contribution in [0.15, 0.2) is 0 Å². The molecule has 0 amide bonds. The average Bonchev–Trinajstić information content (AvgIpc) is 2.58. The zero-order valence-corrected chi connectivity index (χ0v) is 9.92. The Labute approximate surface area is 92.5 Å². The van der Waals surface area contributed by atoms with E-state index in [-0.39, 0.29) is 11.7 Å². The summed E-state index contributed by atoms with van der Waals surface area (Å²) in [5.74, 6) is 0. The molecule has 3 atom stereocenters. The normalized spacial score (nSPS) is 41.2. The lowest BCUT2D eigenvalue weighted by molar-refractivity contribution is -0.119. The van der Waals surface area contributed by atoms with Gasteiger partial charge >= 0.3 is 0 Å². The summed E-state index contributed by atoms with van der Waals surface area (Å²) in [5, 5.41) is 3.61. The lowest BCUT2D eigenvalue weighted by Gasteiger charge is -2.40. The Hall–Kier alpha value is -0.120. The largest absolute Gasteiger partial charge is 0.375 e. The molecule has 2 heterocycles. The summed E-state index contributed by atoms with van der Waals surface area (Å²) in [6.07, 6.45) is 4.81. The van der Waals surface area contributed by atoms with Crippen LogP contribution >= 0.6 is 0 Å². The molecular weight excluding hydrogens is 190 g/mol. The molecule has 0 aromatic rings. The van der Waals surface area contributed by atoms with Crippen molar-refractivity contribution in [2.45, 2.75) is 57.3 Å². The van der Waals surface area contributed by atoms with Crippen molar-refractivity contribution in [3.63, 3.8) is 0 Å². The van der Waals surface area contributed by atoms with Gasteiger partial charge in [-0.15, -0.1) is 0 Å². The first-order valence-electron chi connectivity index (χ1n) is 6.26. The SMILES string of the molecule is CCCNC1CCOC2(CCOC2C)C1. The van der Waals surface area contributed by atoms with Gasteiger partial charge in [-0.3, -0.25) is 0 Å². The third kappa shape index (κ3) is 2.35. The van der Waals surface area contributed by atoms with Crippen LogP contribution in [0.5, 0.6) is 0 Å². The van der Waals surface area contributed by atoms with Gasteiger partial charge in [0.25, 0.3) is 0 Å². The smallest absolute Gasteiger partial charge is 0.0976 e. The van der Waals surface area contributed by atoms with Crippen LogP contribution in [0.4, 0.5) is 0 Å². The number of rotatable bonds is 3.